The summed E-state index contributed by atoms with van der Waals surface area (Å²) in [6.07, 6.45) is 6.26. The molecule has 0 bridgehead atoms. The topological polar surface area (TPSA) is 50.2 Å². The van der Waals surface area contributed by atoms with Crippen molar-refractivity contribution < 1.29 is 4.39 Å². The lowest BCUT2D eigenvalue weighted by Crippen LogP contribution is -2.49. The first-order valence-corrected chi connectivity index (χ1v) is 11.2. The van der Waals surface area contributed by atoms with Crippen molar-refractivity contribution in [1.29, 1.82) is 0 Å². The fourth-order valence-electron chi connectivity index (χ4n) is 4.22. The van der Waals surface area contributed by atoms with E-state index in [0.717, 1.165) is 48.4 Å². The number of rotatable bonds is 5. The maximum atomic E-state index is 12.8. The molecule has 0 aliphatic carbocycles. The van der Waals surface area contributed by atoms with Gasteiger partial charge in [0.25, 0.3) is 5.56 Å². The third kappa shape index (κ3) is 5.38. The Morgan fingerprint density at radius 1 is 1.13 bits per heavy atom. The third-order valence-electron chi connectivity index (χ3n) is 6.29. The van der Waals surface area contributed by atoms with Crippen LogP contribution in [0.2, 0.25) is 0 Å². The molecule has 31 heavy (non-hydrogen) atoms. The molecular formula is C25H31FN4O. The largest absolute Gasteiger partial charge is 0.314 e. The summed E-state index contributed by atoms with van der Waals surface area (Å²) in [7, 11) is 0. The van der Waals surface area contributed by atoms with E-state index in [1.54, 1.807) is 12.3 Å². The van der Waals surface area contributed by atoms with Crippen molar-refractivity contribution in [3.8, 4) is 5.69 Å². The Morgan fingerprint density at radius 3 is 2.61 bits per heavy atom. The quantitative estimate of drug-likeness (QED) is 0.681. The first-order chi connectivity index (χ1) is 15.1. The van der Waals surface area contributed by atoms with Gasteiger partial charge in [0.2, 0.25) is 0 Å². The summed E-state index contributed by atoms with van der Waals surface area (Å²) in [5.41, 5.74) is 1.87. The smallest absolute Gasteiger partial charge is 0.271 e. The number of nitrogens with zero attached hydrogens (tertiary/aromatic N) is 3. The van der Waals surface area contributed by atoms with Crippen molar-refractivity contribution in [3.63, 3.8) is 0 Å². The molecule has 2 aromatic carbocycles. The Balaban J connectivity index is 0.000000334. The summed E-state index contributed by atoms with van der Waals surface area (Å²) < 4.78 is 14.2. The number of halogens is 1. The highest BCUT2D eigenvalue weighted by Gasteiger charge is 2.26. The highest BCUT2D eigenvalue weighted by molar-refractivity contribution is 5.85. The minimum absolute atomic E-state index is 0.125. The number of likely N-dealkylation sites (tertiary alicyclic amines) is 1. The van der Waals surface area contributed by atoms with Crippen LogP contribution in [0.4, 0.5) is 4.39 Å². The monoisotopic (exact) mass is 422 g/mol. The van der Waals surface area contributed by atoms with Crippen LogP contribution >= 0.6 is 0 Å². The Kier molecular flexibility index (Phi) is 7.10. The maximum absolute atomic E-state index is 12.8. The zero-order valence-corrected chi connectivity index (χ0v) is 18.1. The van der Waals surface area contributed by atoms with Crippen molar-refractivity contribution in [2.75, 3.05) is 26.3 Å². The molecular weight excluding hydrogens is 391 g/mol. The predicted molar refractivity (Wildman–Crippen MR) is 124 cm³/mol. The molecule has 0 radical (unpaired) electrons. The third-order valence-corrected chi connectivity index (χ3v) is 6.29. The molecule has 0 unspecified atom stereocenters. The SMILES string of the molecule is C[C@@H]1CCCN1.O=c1cccnn1-c1ccc2cc(CCN3CC[C@H]3CF)ccc2c1. The first-order valence-electron chi connectivity index (χ1n) is 11.2. The zero-order valence-electron chi connectivity index (χ0n) is 18.1. The summed E-state index contributed by atoms with van der Waals surface area (Å²) >= 11 is 0. The molecule has 3 heterocycles. The van der Waals surface area contributed by atoms with Crippen LogP contribution in [-0.2, 0) is 6.42 Å². The molecule has 2 atom stereocenters. The molecule has 3 aromatic rings. The lowest BCUT2D eigenvalue weighted by molar-refractivity contribution is 0.0713. The molecule has 2 fully saturated rings. The average Bonchev–Trinajstić information content (AvgIpc) is 3.25. The van der Waals surface area contributed by atoms with Gasteiger partial charge >= 0.3 is 0 Å². The summed E-state index contributed by atoms with van der Waals surface area (Å²) in [5, 5.41) is 9.65. The Hall–Kier alpha value is -2.57. The molecule has 2 aliphatic rings. The Labute approximate surface area is 182 Å². The van der Waals surface area contributed by atoms with E-state index in [9.17, 15) is 9.18 Å². The van der Waals surface area contributed by atoms with Gasteiger partial charge in [0.1, 0.15) is 6.67 Å². The van der Waals surface area contributed by atoms with E-state index in [2.05, 4.69) is 40.4 Å². The standard InChI is InChI=1S/C20H20FN3O.C5H11N/c21-14-19-8-11-23(19)10-7-15-3-4-17-13-18(6-5-16(17)12-15)24-20(25)2-1-9-22-24;1-5-3-2-4-6-5/h1-6,9,12-13,19H,7-8,10-11,14H2;5-6H,2-4H2,1H3/t19-;5-/m01/s1. The van der Waals surface area contributed by atoms with Gasteiger partial charge in [0, 0.05) is 37.4 Å². The van der Waals surface area contributed by atoms with E-state index in [-0.39, 0.29) is 18.3 Å². The molecule has 5 rings (SSSR count). The van der Waals surface area contributed by atoms with Gasteiger partial charge in [-0.05, 0) is 73.7 Å². The number of alkyl halides is 1. The molecule has 164 valence electrons. The van der Waals surface area contributed by atoms with E-state index < -0.39 is 0 Å². The van der Waals surface area contributed by atoms with Gasteiger partial charge in [0.05, 0.1) is 5.69 Å². The fourth-order valence-corrected chi connectivity index (χ4v) is 4.22. The van der Waals surface area contributed by atoms with E-state index in [1.165, 1.54) is 35.7 Å². The van der Waals surface area contributed by atoms with Gasteiger partial charge < -0.3 is 5.32 Å². The van der Waals surface area contributed by atoms with Crippen molar-refractivity contribution in [3.05, 3.63) is 70.6 Å². The van der Waals surface area contributed by atoms with Crippen LogP contribution in [0, 0.1) is 0 Å². The van der Waals surface area contributed by atoms with Crippen molar-refractivity contribution >= 4 is 10.8 Å². The number of nitrogens with one attached hydrogen (secondary N) is 1. The fraction of sp³-hybridized carbons (Fsp3) is 0.440. The highest BCUT2D eigenvalue weighted by atomic mass is 19.1. The summed E-state index contributed by atoms with van der Waals surface area (Å²) in [5.74, 6) is 0. The van der Waals surface area contributed by atoms with Gasteiger partial charge in [-0.15, -0.1) is 0 Å². The van der Waals surface area contributed by atoms with Crippen LogP contribution in [0.25, 0.3) is 16.5 Å². The van der Waals surface area contributed by atoms with Gasteiger partial charge in [-0.2, -0.15) is 9.78 Å². The predicted octanol–water partition coefficient (Wildman–Crippen LogP) is 3.73. The second-order valence-corrected chi connectivity index (χ2v) is 8.52. The minimum Gasteiger partial charge on any atom is -0.314 e. The van der Waals surface area contributed by atoms with E-state index in [1.807, 2.05) is 18.2 Å². The lowest BCUT2D eigenvalue weighted by Gasteiger charge is -2.39. The van der Waals surface area contributed by atoms with Gasteiger partial charge in [-0.1, -0.05) is 24.3 Å². The number of benzene rings is 2. The molecule has 2 aliphatic heterocycles. The van der Waals surface area contributed by atoms with Crippen molar-refractivity contribution in [2.24, 2.45) is 0 Å². The van der Waals surface area contributed by atoms with Crippen LogP contribution in [-0.4, -0.2) is 53.1 Å². The van der Waals surface area contributed by atoms with E-state index >= 15 is 0 Å². The second-order valence-electron chi connectivity index (χ2n) is 8.52. The first kappa shape index (κ1) is 21.7. The van der Waals surface area contributed by atoms with Gasteiger partial charge in [-0.25, -0.2) is 4.39 Å². The molecule has 2 saturated heterocycles. The second kappa shape index (κ2) is 10.2. The van der Waals surface area contributed by atoms with E-state index in [0.29, 0.717) is 0 Å². The van der Waals surface area contributed by atoms with Crippen LogP contribution in [0.5, 0.6) is 0 Å². The number of fused-ring (bicyclic) bond motifs is 1. The molecule has 1 N–H and O–H groups in total. The lowest BCUT2D eigenvalue weighted by atomic mass is 10.0. The molecule has 1 aromatic heterocycles. The van der Waals surface area contributed by atoms with Gasteiger partial charge in [0.15, 0.2) is 0 Å². The van der Waals surface area contributed by atoms with Gasteiger partial charge in [-0.3, -0.25) is 9.69 Å². The summed E-state index contributed by atoms with van der Waals surface area (Å²) in [6.45, 7) is 5.13. The van der Waals surface area contributed by atoms with Crippen LogP contribution in [0.1, 0.15) is 31.7 Å². The van der Waals surface area contributed by atoms with Crippen LogP contribution in [0.15, 0.2) is 59.5 Å². The summed E-state index contributed by atoms with van der Waals surface area (Å²) in [4.78, 5) is 14.1. The van der Waals surface area contributed by atoms with Crippen molar-refractivity contribution in [1.82, 2.24) is 20.0 Å². The average molecular weight is 423 g/mol. The van der Waals surface area contributed by atoms with Crippen molar-refractivity contribution in [2.45, 2.75) is 44.7 Å². The molecule has 6 heteroatoms. The number of aromatic nitrogens is 2. The molecule has 0 saturated carbocycles. The van der Waals surface area contributed by atoms with E-state index in [4.69, 9.17) is 0 Å². The zero-order chi connectivity index (χ0) is 21.6. The number of hydrogen-bond acceptors (Lipinski definition) is 4. The molecule has 5 nitrogen and oxygen atoms in total. The maximum Gasteiger partial charge on any atom is 0.271 e. The Morgan fingerprint density at radius 2 is 1.97 bits per heavy atom. The molecule has 0 spiro atoms. The Bertz CT molecular complexity index is 1060. The number of hydrogen-bond donors (Lipinski definition) is 1. The normalized spacial score (nSPS) is 20.8. The minimum atomic E-state index is -0.243. The molecule has 0 amide bonds. The van der Waals surface area contributed by atoms with Crippen LogP contribution < -0.4 is 10.9 Å². The van der Waals surface area contributed by atoms with Crippen LogP contribution in [0.3, 0.4) is 0 Å². The highest BCUT2D eigenvalue weighted by Crippen LogP contribution is 2.22. The summed E-state index contributed by atoms with van der Waals surface area (Å²) in [6, 6.07) is 16.3.